The first-order valence-electron chi connectivity index (χ1n) is 9.93. The molecule has 0 aliphatic carbocycles. The standard InChI is InChI=1S/C24H27NO2/c26-22-16-20-9-10-23(27-14-13-25-11-5-2-6-12-25)18-24(20)21(17-22)15-19-7-3-1-4-8-19/h1,3-4,7-10,16-18,26H,2,5-6,11-15H2. The van der Waals surface area contributed by atoms with Crippen LogP contribution < -0.4 is 4.74 Å². The first-order valence-corrected chi connectivity index (χ1v) is 9.93. The van der Waals surface area contributed by atoms with Gasteiger partial charge in [0.1, 0.15) is 18.1 Å². The van der Waals surface area contributed by atoms with E-state index in [9.17, 15) is 5.11 Å². The smallest absolute Gasteiger partial charge is 0.120 e. The Morgan fingerprint density at radius 2 is 1.70 bits per heavy atom. The summed E-state index contributed by atoms with van der Waals surface area (Å²) in [5.41, 5.74) is 2.36. The van der Waals surface area contributed by atoms with Crippen molar-refractivity contribution in [2.24, 2.45) is 0 Å². The molecule has 1 fully saturated rings. The Morgan fingerprint density at radius 3 is 2.52 bits per heavy atom. The molecule has 1 heterocycles. The van der Waals surface area contributed by atoms with Crippen LogP contribution in [0.4, 0.5) is 0 Å². The number of phenols is 1. The van der Waals surface area contributed by atoms with Crippen molar-refractivity contribution in [2.75, 3.05) is 26.2 Å². The zero-order valence-corrected chi connectivity index (χ0v) is 15.7. The van der Waals surface area contributed by atoms with Crippen molar-refractivity contribution >= 4 is 10.8 Å². The number of rotatable bonds is 6. The van der Waals surface area contributed by atoms with E-state index in [0.717, 1.165) is 41.7 Å². The van der Waals surface area contributed by atoms with Gasteiger partial charge < -0.3 is 9.84 Å². The molecule has 1 saturated heterocycles. The van der Waals surface area contributed by atoms with Crippen LogP contribution in [0.1, 0.15) is 30.4 Å². The van der Waals surface area contributed by atoms with E-state index in [0.29, 0.717) is 5.75 Å². The van der Waals surface area contributed by atoms with Crippen molar-refractivity contribution in [1.82, 2.24) is 4.90 Å². The van der Waals surface area contributed by atoms with Crippen molar-refractivity contribution in [2.45, 2.75) is 25.7 Å². The number of phenolic OH excluding ortho intramolecular Hbond substituents is 1. The molecule has 3 aromatic carbocycles. The summed E-state index contributed by atoms with van der Waals surface area (Å²) in [5.74, 6) is 1.21. The summed E-state index contributed by atoms with van der Waals surface area (Å²) in [7, 11) is 0. The van der Waals surface area contributed by atoms with Crippen LogP contribution in [-0.2, 0) is 6.42 Å². The average Bonchev–Trinajstić information content (AvgIpc) is 2.70. The van der Waals surface area contributed by atoms with Crippen LogP contribution in [0.25, 0.3) is 10.8 Å². The van der Waals surface area contributed by atoms with E-state index >= 15 is 0 Å². The number of likely N-dealkylation sites (tertiary alicyclic amines) is 1. The van der Waals surface area contributed by atoms with Crippen LogP contribution in [0.3, 0.4) is 0 Å². The lowest BCUT2D eigenvalue weighted by atomic mass is 9.98. The number of ether oxygens (including phenoxy) is 1. The van der Waals surface area contributed by atoms with E-state index < -0.39 is 0 Å². The van der Waals surface area contributed by atoms with Crippen LogP contribution >= 0.6 is 0 Å². The van der Waals surface area contributed by atoms with Crippen LogP contribution in [0, 0.1) is 0 Å². The SMILES string of the molecule is Oc1cc(Cc2ccccc2)c2cc(OCCN3CCCCC3)ccc2c1. The minimum Gasteiger partial charge on any atom is -0.508 e. The molecule has 0 amide bonds. The Kier molecular flexibility index (Phi) is 5.59. The Bertz CT molecular complexity index is 886. The van der Waals surface area contributed by atoms with Gasteiger partial charge in [-0.1, -0.05) is 42.8 Å². The third-order valence-electron chi connectivity index (χ3n) is 5.36. The highest BCUT2D eigenvalue weighted by atomic mass is 16.5. The highest BCUT2D eigenvalue weighted by molar-refractivity contribution is 5.88. The summed E-state index contributed by atoms with van der Waals surface area (Å²) in [6.45, 7) is 4.10. The van der Waals surface area contributed by atoms with E-state index in [1.807, 2.05) is 30.3 Å². The van der Waals surface area contributed by atoms with Gasteiger partial charge in [0.15, 0.2) is 0 Å². The molecule has 0 unspecified atom stereocenters. The maximum atomic E-state index is 10.1. The lowest BCUT2D eigenvalue weighted by Crippen LogP contribution is -2.33. The van der Waals surface area contributed by atoms with Gasteiger partial charge in [0, 0.05) is 6.54 Å². The van der Waals surface area contributed by atoms with Crippen molar-refractivity contribution < 1.29 is 9.84 Å². The third-order valence-corrected chi connectivity index (χ3v) is 5.36. The van der Waals surface area contributed by atoms with E-state index in [4.69, 9.17) is 4.74 Å². The maximum Gasteiger partial charge on any atom is 0.120 e. The largest absolute Gasteiger partial charge is 0.508 e. The quantitative estimate of drug-likeness (QED) is 0.670. The molecule has 0 bridgehead atoms. The fourth-order valence-corrected chi connectivity index (χ4v) is 3.92. The Labute approximate surface area is 161 Å². The summed E-state index contributed by atoms with van der Waals surface area (Å²) in [6, 6.07) is 20.2. The molecular formula is C24H27NO2. The highest BCUT2D eigenvalue weighted by Crippen LogP contribution is 2.30. The average molecular weight is 361 g/mol. The molecule has 140 valence electrons. The summed E-state index contributed by atoms with van der Waals surface area (Å²) in [6.07, 6.45) is 4.77. The van der Waals surface area contributed by atoms with E-state index in [-0.39, 0.29) is 0 Å². The van der Waals surface area contributed by atoms with Gasteiger partial charge in [-0.2, -0.15) is 0 Å². The highest BCUT2D eigenvalue weighted by Gasteiger charge is 2.10. The number of nitrogens with zero attached hydrogens (tertiary/aromatic N) is 1. The number of benzene rings is 3. The van der Waals surface area contributed by atoms with Crippen molar-refractivity contribution in [3.8, 4) is 11.5 Å². The summed E-state index contributed by atoms with van der Waals surface area (Å²) < 4.78 is 6.05. The van der Waals surface area contributed by atoms with Crippen LogP contribution in [0.15, 0.2) is 60.7 Å². The molecule has 0 aromatic heterocycles. The lowest BCUT2D eigenvalue weighted by molar-refractivity contribution is 0.183. The van der Waals surface area contributed by atoms with Crippen molar-refractivity contribution in [3.63, 3.8) is 0 Å². The van der Waals surface area contributed by atoms with Gasteiger partial charge in [-0.25, -0.2) is 0 Å². The molecule has 3 aromatic rings. The normalized spacial score (nSPS) is 15.1. The first-order chi connectivity index (χ1) is 13.3. The lowest BCUT2D eigenvalue weighted by Gasteiger charge is -2.26. The molecule has 27 heavy (non-hydrogen) atoms. The Morgan fingerprint density at radius 1 is 0.889 bits per heavy atom. The monoisotopic (exact) mass is 361 g/mol. The number of aromatic hydroxyl groups is 1. The molecule has 0 spiro atoms. The second-order valence-corrected chi connectivity index (χ2v) is 7.40. The molecule has 4 rings (SSSR count). The number of hydrogen-bond donors (Lipinski definition) is 1. The van der Waals surface area contributed by atoms with Gasteiger partial charge in [0.2, 0.25) is 0 Å². The van der Waals surface area contributed by atoms with Crippen LogP contribution in [-0.4, -0.2) is 36.2 Å². The van der Waals surface area contributed by atoms with Gasteiger partial charge in [0.25, 0.3) is 0 Å². The third kappa shape index (κ3) is 4.61. The second-order valence-electron chi connectivity index (χ2n) is 7.40. The fraction of sp³-hybridized carbons (Fsp3) is 0.333. The van der Waals surface area contributed by atoms with E-state index in [1.54, 1.807) is 0 Å². The molecule has 1 aliphatic rings. The number of fused-ring (bicyclic) bond motifs is 1. The topological polar surface area (TPSA) is 32.7 Å². The fourth-order valence-electron chi connectivity index (χ4n) is 3.92. The summed E-state index contributed by atoms with van der Waals surface area (Å²) in [5, 5.41) is 12.3. The zero-order chi connectivity index (χ0) is 18.5. The van der Waals surface area contributed by atoms with E-state index in [1.165, 1.54) is 37.9 Å². The summed E-state index contributed by atoms with van der Waals surface area (Å²) >= 11 is 0. The van der Waals surface area contributed by atoms with Gasteiger partial charge >= 0.3 is 0 Å². The maximum absolute atomic E-state index is 10.1. The minimum absolute atomic E-state index is 0.312. The van der Waals surface area contributed by atoms with Crippen molar-refractivity contribution in [3.05, 3.63) is 71.8 Å². The molecule has 1 aliphatic heterocycles. The van der Waals surface area contributed by atoms with Gasteiger partial charge in [0.05, 0.1) is 0 Å². The minimum atomic E-state index is 0.312. The Balaban J connectivity index is 1.51. The second kappa shape index (κ2) is 8.45. The molecule has 0 radical (unpaired) electrons. The van der Waals surface area contributed by atoms with Gasteiger partial charge in [-0.05, 0) is 78.5 Å². The van der Waals surface area contributed by atoms with Crippen molar-refractivity contribution in [1.29, 1.82) is 0 Å². The van der Waals surface area contributed by atoms with Gasteiger partial charge in [-0.15, -0.1) is 0 Å². The van der Waals surface area contributed by atoms with Gasteiger partial charge in [-0.3, -0.25) is 4.90 Å². The Hall–Kier alpha value is -2.52. The zero-order valence-electron chi connectivity index (χ0n) is 15.7. The van der Waals surface area contributed by atoms with Crippen LogP contribution in [0.5, 0.6) is 11.5 Å². The molecule has 0 saturated carbocycles. The molecule has 3 heteroatoms. The van der Waals surface area contributed by atoms with E-state index in [2.05, 4.69) is 35.2 Å². The number of hydrogen-bond acceptors (Lipinski definition) is 3. The first kappa shape index (κ1) is 17.9. The summed E-state index contributed by atoms with van der Waals surface area (Å²) in [4.78, 5) is 2.49. The predicted molar refractivity (Wildman–Crippen MR) is 111 cm³/mol. The predicted octanol–water partition coefficient (Wildman–Crippen LogP) is 5.00. The molecular weight excluding hydrogens is 334 g/mol. The van der Waals surface area contributed by atoms with Crippen LogP contribution in [0.2, 0.25) is 0 Å². The molecule has 3 nitrogen and oxygen atoms in total. The molecule has 0 atom stereocenters. The number of piperidine rings is 1. The molecule has 1 N–H and O–H groups in total.